The minimum atomic E-state index is -3.72. The number of carbonyl (C=O) groups is 1. The van der Waals surface area contributed by atoms with Crippen LogP contribution in [0.2, 0.25) is 0 Å². The number of benzene rings is 1. The molecule has 0 bridgehead atoms. The Balaban J connectivity index is 1.57. The van der Waals surface area contributed by atoms with E-state index in [2.05, 4.69) is 14.9 Å². The summed E-state index contributed by atoms with van der Waals surface area (Å²) in [6, 6.07) is 8.64. The minimum Gasteiger partial charge on any atom is -0.334 e. The number of carbonyl (C=O) groups excluding carboxylic acids is 1. The van der Waals surface area contributed by atoms with Crippen molar-refractivity contribution in [3.63, 3.8) is 0 Å². The molecule has 29 heavy (non-hydrogen) atoms. The number of aryl methyl sites for hydroxylation is 1. The summed E-state index contributed by atoms with van der Waals surface area (Å²) >= 11 is 1.48. The highest BCUT2D eigenvalue weighted by atomic mass is 32.2. The van der Waals surface area contributed by atoms with Crippen LogP contribution in [0.4, 0.5) is 0 Å². The summed E-state index contributed by atoms with van der Waals surface area (Å²) in [4.78, 5) is 19.3. The van der Waals surface area contributed by atoms with Crippen LogP contribution in [-0.4, -0.2) is 42.5 Å². The Morgan fingerprint density at radius 2 is 2.07 bits per heavy atom. The van der Waals surface area contributed by atoms with Crippen molar-refractivity contribution in [1.82, 2.24) is 19.8 Å². The van der Waals surface area contributed by atoms with E-state index in [0.29, 0.717) is 24.2 Å². The van der Waals surface area contributed by atoms with Crippen LogP contribution in [0, 0.1) is 6.92 Å². The summed E-state index contributed by atoms with van der Waals surface area (Å²) in [5.41, 5.74) is 1.07. The van der Waals surface area contributed by atoms with Crippen LogP contribution in [0.1, 0.15) is 34.0 Å². The molecule has 1 saturated heterocycles. The number of sulfonamides is 1. The SMILES string of the molecule is Cc1ccc(-c2noc(C(=O)N3CCCC3)n2)cc1S(=O)(=O)NCc1cccs1. The molecule has 1 N–H and O–H groups in total. The first kappa shape index (κ1) is 19.7. The average molecular weight is 433 g/mol. The molecular weight excluding hydrogens is 412 g/mol. The first-order valence-electron chi connectivity index (χ1n) is 9.20. The fourth-order valence-electron chi connectivity index (χ4n) is 3.17. The zero-order chi connectivity index (χ0) is 20.4. The summed E-state index contributed by atoms with van der Waals surface area (Å²) in [5.74, 6) is -0.191. The molecule has 0 unspecified atom stereocenters. The number of hydrogen-bond acceptors (Lipinski definition) is 7. The second kappa shape index (κ2) is 8.05. The van der Waals surface area contributed by atoms with Crippen molar-refractivity contribution in [2.24, 2.45) is 0 Å². The van der Waals surface area contributed by atoms with Crippen molar-refractivity contribution in [3.05, 3.63) is 52.0 Å². The molecule has 1 fully saturated rings. The molecule has 1 amide bonds. The lowest BCUT2D eigenvalue weighted by atomic mass is 10.1. The molecular formula is C19H20N4O4S2. The molecule has 8 nitrogen and oxygen atoms in total. The summed E-state index contributed by atoms with van der Waals surface area (Å²) < 4.78 is 33.3. The molecule has 1 aliphatic heterocycles. The molecule has 1 aliphatic rings. The monoisotopic (exact) mass is 432 g/mol. The molecule has 2 aromatic heterocycles. The van der Waals surface area contributed by atoms with Gasteiger partial charge in [-0.1, -0.05) is 23.4 Å². The molecule has 0 aliphatic carbocycles. The van der Waals surface area contributed by atoms with E-state index in [0.717, 1.165) is 17.7 Å². The van der Waals surface area contributed by atoms with Gasteiger partial charge in [-0.3, -0.25) is 4.79 Å². The second-order valence-electron chi connectivity index (χ2n) is 6.81. The zero-order valence-electron chi connectivity index (χ0n) is 15.8. The number of nitrogens with one attached hydrogen (secondary N) is 1. The first-order chi connectivity index (χ1) is 13.9. The fraction of sp³-hybridized carbons (Fsp3) is 0.316. The van der Waals surface area contributed by atoms with Crippen molar-refractivity contribution in [3.8, 4) is 11.4 Å². The highest BCUT2D eigenvalue weighted by Crippen LogP contribution is 2.24. The van der Waals surface area contributed by atoms with E-state index in [1.165, 1.54) is 17.4 Å². The maximum absolute atomic E-state index is 12.8. The van der Waals surface area contributed by atoms with Gasteiger partial charge in [0.05, 0.1) is 4.90 Å². The maximum atomic E-state index is 12.8. The third-order valence-corrected chi connectivity index (χ3v) is 7.17. The Morgan fingerprint density at radius 1 is 1.28 bits per heavy atom. The van der Waals surface area contributed by atoms with E-state index < -0.39 is 10.0 Å². The number of amides is 1. The number of nitrogens with zero attached hydrogens (tertiary/aromatic N) is 3. The molecule has 1 aromatic carbocycles. The van der Waals surface area contributed by atoms with Gasteiger partial charge in [0.2, 0.25) is 15.8 Å². The van der Waals surface area contributed by atoms with E-state index in [9.17, 15) is 13.2 Å². The number of hydrogen-bond donors (Lipinski definition) is 1. The quantitative estimate of drug-likeness (QED) is 0.642. The topological polar surface area (TPSA) is 105 Å². The summed E-state index contributed by atoms with van der Waals surface area (Å²) in [5, 5.41) is 5.77. The lowest BCUT2D eigenvalue weighted by Gasteiger charge is -2.11. The van der Waals surface area contributed by atoms with Gasteiger partial charge in [-0.25, -0.2) is 13.1 Å². The van der Waals surface area contributed by atoms with Gasteiger partial charge in [0.25, 0.3) is 0 Å². The van der Waals surface area contributed by atoms with E-state index in [4.69, 9.17) is 4.52 Å². The maximum Gasteiger partial charge on any atom is 0.316 e. The highest BCUT2D eigenvalue weighted by Gasteiger charge is 2.25. The van der Waals surface area contributed by atoms with Gasteiger partial charge in [0, 0.05) is 30.1 Å². The van der Waals surface area contributed by atoms with Crippen LogP contribution in [0.25, 0.3) is 11.4 Å². The summed E-state index contributed by atoms with van der Waals surface area (Å²) in [6.45, 7) is 3.31. The van der Waals surface area contributed by atoms with Gasteiger partial charge in [-0.2, -0.15) is 4.98 Å². The minimum absolute atomic E-state index is 0.0808. The molecule has 0 atom stereocenters. The standard InChI is InChI=1S/C19H20N4O4S2/c1-13-6-7-14(11-16(13)29(25,26)20-12-15-5-4-10-28-15)17-21-18(27-22-17)19(24)23-8-2-3-9-23/h4-7,10-11,20H,2-3,8-9,12H2,1H3. The van der Waals surface area contributed by atoms with Gasteiger partial charge in [0.15, 0.2) is 0 Å². The van der Waals surface area contributed by atoms with E-state index in [-0.39, 0.29) is 29.1 Å². The van der Waals surface area contributed by atoms with Crippen molar-refractivity contribution in [1.29, 1.82) is 0 Å². The van der Waals surface area contributed by atoms with Crippen LogP contribution >= 0.6 is 11.3 Å². The fourth-order valence-corrected chi connectivity index (χ4v) is 5.18. The third-order valence-electron chi connectivity index (χ3n) is 4.75. The Hall–Kier alpha value is -2.56. The molecule has 4 rings (SSSR count). The average Bonchev–Trinajstić information content (AvgIpc) is 3.49. The van der Waals surface area contributed by atoms with Crippen molar-refractivity contribution < 1.29 is 17.7 Å². The predicted octanol–water partition coefficient (Wildman–Crippen LogP) is 2.82. The van der Waals surface area contributed by atoms with Crippen molar-refractivity contribution in [2.75, 3.05) is 13.1 Å². The molecule has 0 saturated carbocycles. The Morgan fingerprint density at radius 3 is 2.79 bits per heavy atom. The molecule has 3 heterocycles. The zero-order valence-corrected chi connectivity index (χ0v) is 17.4. The lowest BCUT2D eigenvalue weighted by Crippen LogP contribution is -2.27. The third kappa shape index (κ3) is 4.24. The Labute approximate surface area is 172 Å². The summed E-state index contributed by atoms with van der Waals surface area (Å²) in [7, 11) is -3.72. The van der Waals surface area contributed by atoms with Gasteiger partial charge in [-0.15, -0.1) is 11.3 Å². The number of rotatable bonds is 6. The van der Waals surface area contributed by atoms with Gasteiger partial charge >= 0.3 is 11.8 Å². The Bertz CT molecular complexity index is 1120. The van der Waals surface area contributed by atoms with Crippen molar-refractivity contribution in [2.45, 2.75) is 31.2 Å². The molecule has 0 radical (unpaired) electrons. The van der Waals surface area contributed by atoms with Crippen LogP contribution in [0.5, 0.6) is 0 Å². The van der Waals surface area contributed by atoms with E-state index in [1.54, 1.807) is 24.0 Å². The number of likely N-dealkylation sites (tertiary alicyclic amines) is 1. The first-order valence-corrected chi connectivity index (χ1v) is 11.6. The molecule has 10 heteroatoms. The largest absolute Gasteiger partial charge is 0.334 e. The van der Waals surface area contributed by atoms with Crippen LogP contribution in [0.15, 0.2) is 45.1 Å². The predicted molar refractivity (Wildman–Crippen MR) is 108 cm³/mol. The van der Waals surface area contributed by atoms with E-state index in [1.807, 2.05) is 17.5 Å². The molecule has 152 valence electrons. The van der Waals surface area contributed by atoms with Crippen molar-refractivity contribution >= 4 is 27.3 Å². The van der Waals surface area contributed by atoms with Crippen LogP contribution in [-0.2, 0) is 16.6 Å². The van der Waals surface area contributed by atoms with Crippen LogP contribution < -0.4 is 4.72 Å². The molecule has 3 aromatic rings. The normalized spacial score (nSPS) is 14.4. The summed E-state index contributed by atoms with van der Waals surface area (Å²) in [6.07, 6.45) is 1.93. The number of aromatic nitrogens is 2. The van der Waals surface area contributed by atoms with Gasteiger partial charge < -0.3 is 9.42 Å². The van der Waals surface area contributed by atoms with E-state index >= 15 is 0 Å². The highest BCUT2D eigenvalue weighted by molar-refractivity contribution is 7.89. The van der Waals surface area contributed by atoms with Gasteiger partial charge in [-0.05, 0) is 42.8 Å². The molecule has 0 spiro atoms. The second-order valence-corrected chi connectivity index (χ2v) is 9.57. The van der Waals surface area contributed by atoms with Crippen LogP contribution in [0.3, 0.4) is 0 Å². The lowest BCUT2D eigenvalue weighted by molar-refractivity contribution is 0.0743. The number of thiophene rings is 1. The van der Waals surface area contributed by atoms with Gasteiger partial charge in [0.1, 0.15) is 0 Å². The Kier molecular flexibility index (Phi) is 5.48. The smallest absolute Gasteiger partial charge is 0.316 e.